The Labute approximate surface area is 78.0 Å². The number of hydrogen-bond donors (Lipinski definition) is 0. The first-order valence-electron chi connectivity index (χ1n) is 3.26. The topological polar surface area (TPSA) is 36.7 Å². The van der Waals surface area contributed by atoms with Crippen LogP contribution in [-0.4, -0.2) is 4.98 Å². The van der Waals surface area contributed by atoms with Gasteiger partial charge in [-0.25, -0.2) is 4.98 Å². The summed E-state index contributed by atoms with van der Waals surface area (Å²) in [5, 5.41) is 10.0. The molecule has 2 heterocycles. The molecule has 0 saturated heterocycles. The summed E-state index contributed by atoms with van der Waals surface area (Å²) in [6.07, 6.45) is 0. The van der Waals surface area contributed by atoms with Gasteiger partial charge >= 0.3 is 0 Å². The Morgan fingerprint density at radius 1 is 1.50 bits per heavy atom. The second-order valence-corrected chi connectivity index (χ2v) is 3.67. The van der Waals surface area contributed by atoms with E-state index in [4.69, 9.17) is 16.9 Å². The van der Waals surface area contributed by atoms with Crippen molar-refractivity contribution in [3.05, 3.63) is 28.2 Å². The van der Waals surface area contributed by atoms with Crippen LogP contribution in [0.4, 0.5) is 0 Å². The molecule has 4 heteroatoms. The lowest BCUT2D eigenvalue weighted by Gasteiger charge is -1.87. The molecule has 58 valence electrons. The average Bonchev–Trinajstić information content (AvgIpc) is 2.46. The van der Waals surface area contributed by atoms with Gasteiger partial charge in [-0.05, 0) is 18.2 Å². The third-order valence-corrected chi connectivity index (χ3v) is 2.62. The van der Waals surface area contributed by atoms with Gasteiger partial charge in [0.05, 0.1) is 0 Å². The summed E-state index contributed by atoms with van der Waals surface area (Å²) in [6.45, 7) is 0. The Balaban J connectivity index is 2.77. The predicted octanol–water partition coefficient (Wildman–Crippen LogP) is 2.82. The molecule has 0 aliphatic carbocycles. The van der Waals surface area contributed by atoms with Gasteiger partial charge in [-0.15, -0.1) is 11.3 Å². The van der Waals surface area contributed by atoms with Crippen LogP contribution in [0.3, 0.4) is 0 Å². The average molecular weight is 195 g/mol. The van der Waals surface area contributed by atoms with E-state index in [1.54, 1.807) is 6.07 Å². The third kappa shape index (κ3) is 1.15. The van der Waals surface area contributed by atoms with E-state index in [0.29, 0.717) is 10.0 Å². The minimum Gasteiger partial charge on any atom is -0.225 e. The monoisotopic (exact) mass is 194 g/mol. The number of nitrogens with zero attached hydrogens (tertiary/aromatic N) is 2. The maximum atomic E-state index is 8.61. The number of nitriles is 1. The van der Waals surface area contributed by atoms with Gasteiger partial charge in [0.2, 0.25) is 0 Å². The molecule has 0 atom stereocenters. The first-order valence-corrected chi connectivity index (χ1v) is 4.45. The Morgan fingerprint density at radius 3 is 3.08 bits per heavy atom. The fraction of sp³-hybridized carbons (Fsp3) is 0. The number of thiophene rings is 1. The van der Waals surface area contributed by atoms with Crippen LogP contribution in [-0.2, 0) is 0 Å². The van der Waals surface area contributed by atoms with Crippen LogP contribution < -0.4 is 0 Å². The highest BCUT2D eigenvalue weighted by Gasteiger charge is 2.01. The summed E-state index contributed by atoms with van der Waals surface area (Å²) < 4.78 is 0. The lowest BCUT2D eigenvalue weighted by Crippen LogP contribution is -1.70. The Bertz CT molecular complexity index is 469. The number of fused-ring (bicyclic) bond motifs is 1. The van der Waals surface area contributed by atoms with E-state index in [9.17, 15) is 0 Å². The van der Waals surface area contributed by atoms with E-state index in [1.807, 2.05) is 12.1 Å². The fourth-order valence-corrected chi connectivity index (χ4v) is 1.98. The third-order valence-electron chi connectivity index (χ3n) is 1.46. The van der Waals surface area contributed by atoms with Gasteiger partial charge in [0.15, 0.2) is 0 Å². The number of rotatable bonds is 0. The zero-order valence-corrected chi connectivity index (χ0v) is 7.49. The summed E-state index contributed by atoms with van der Waals surface area (Å²) in [4.78, 5) is 5.56. The van der Waals surface area contributed by atoms with Crippen LogP contribution in [0.25, 0.3) is 10.2 Å². The van der Waals surface area contributed by atoms with Gasteiger partial charge in [-0.2, -0.15) is 5.26 Å². The predicted molar refractivity (Wildman–Crippen MR) is 49.3 cm³/mol. The molecule has 0 radical (unpaired) electrons. The molecule has 2 rings (SSSR count). The van der Waals surface area contributed by atoms with Crippen molar-refractivity contribution in [2.24, 2.45) is 0 Å². The van der Waals surface area contributed by atoms with Crippen molar-refractivity contribution in [2.45, 2.75) is 0 Å². The number of halogens is 1. The highest BCUT2D eigenvalue weighted by Crippen LogP contribution is 2.24. The van der Waals surface area contributed by atoms with Crippen LogP contribution in [0.15, 0.2) is 18.2 Å². The quantitative estimate of drug-likeness (QED) is 0.605. The van der Waals surface area contributed by atoms with E-state index in [-0.39, 0.29) is 0 Å². The molecule has 0 saturated carbocycles. The molecule has 2 aromatic rings. The zero-order valence-electron chi connectivity index (χ0n) is 5.91. The maximum Gasteiger partial charge on any atom is 0.130 e. The summed E-state index contributed by atoms with van der Waals surface area (Å²) >= 11 is 7.04. The SMILES string of the molecule is N#Cc1cc2ccc(Cl)nc2s1. The normalized spacial score (nSPS) is 10.0. The molecule has 0 N–H and O–H groups in total. The number of hydrogen-bond acceptors (Lipinski definition) is 3. The lowest BCUT2D eigenvalue weighted by molar-refractivity contribution is 1.44. The Morgan fingerprint density at radius 2 is 2.33 bits per heavy atom. The Kier molecular flexibility index (Phi) is 1.72. The standard InChI is InChI=1S/C8H3ClN2S/c9-7-2-1-5-3-6(4-10)12-8(5)11-7/h1-3H. The molecular formula is C8H3ClN2S. The van der Waals surface area contributed by atoms with Crippen molar-refractivity contribution in [2.75, 3.05) is 0 Å². The van der Waals surface area contributed by atoms with E-state index >= 15 is 0 Å². The van der Waals surface area contributed by atoms with Crippen LogP contribution in [0.5, 0.6) is 0 Å². The first kappa shape index (κ1) is 7.53. The highest BCUT2D eigenvalue weighted by molar-refractivity contribution is 7.19. The van der Waals surface area contributed by atoms with Crippen molar-refractivity contribution in [1.82, 2.24) is 4.98 Å². The molecule has 0 aliphatic heterocycles. The molecular weight excluding hydrogens is 192 g/mol. The van der Waals surface area contributed by atoms with E-state index < -0.39 is 0 Å². The molecule has 0 spiro atoms. The molecule has 0 bridgehead atoms. The second-order valence-electron chi connectivity index (χ2n) is 2.25. The van der Waals surface area contributed by atoms with Crippen LogP contribution in [0, 0.1) is 11.3 Å². The number of aromatic nitrogens is 1. The van der Waals surface area contributed by atoms with Crippen molar-refractivity contribution < 1.29 is 0 Å². The molecule has 0 fully saturated rings. The van der Waals surface area contributed by atoms with Crippen molar-refractivity contribution >= 4 is 33.2 Å². The van der Waals surface area contributed by atoms with E-state index in [2.05, 4.69) is 11.1 Å². The summed E-state index contributed by atoms with van der Waals surface area (Å²) in [5.41, 5.74) is 0. The highest BCUT2D eigenvalue weighted by atomic mass is 35.5. The molecule has 0 aliphatic rings. The Hall–Kier alpha value is -1.11. The van der Waals surface area contributed by atoms with Crippen molar-refractivity contribution in [3.8, 4) is 6.07 Å². The van der Waals surface area contributed by atoms with Gasteiger partial charge in [0.25, 0.3) is 0 Å². The second kappa shape index (κ2) is 2.74. The summed E-state index contributed by atoms with van der Waals surface area (Å²) in [6, 6.07) is 7.46. The van der Waals surface area contributed by atoms with Gasteiger partial charge in [-0.1, -0.05) is 11.6 Å². The smallest absolute Gasteiger partial charge is 0.130 e. The van der Waals surface area contributed by atoms with Crippen LogP contribution in [0.1, 0.15) is 4.88 Å². The molecule has 2 nitrogen and oxygen atoms in total. The van der Waals surface area contributed by atoms with Gasteiger partial charge in [0.1, 0.15) is 20.9 Å². The largest absolute Gasteiger partial charge is 0.225 e. The minimum absolute atomic E-state index is 0.467. The molecule has 12 heavy (non-hydrogen) atoms. The van der Waals surface area contributed by atoms with E-state index in [1.165, 1.54) is 11.3 Å². The summed E-state index contributed by atoms with van der Waals surface area (Å²) in [5.74, 6) is 0. The van der Waals surface area contributed by atoms with Crippen LogP contribution >= 0.6 is 22.9 Å². The minimum atomic E-state index is 0.467. The first-order chi connectivity index (χ1) is 5.79. The van der Waals surface area contributed by atoms with Gasteiger partial charge < -0.3 is 0 Å². The lowest BCUT2D eigenvalue weighted by atomic mass is 10.3. The molecule has 0 amide bonds. The van der Waals surface area contributed by atoms with Crippen molar-refractivity contribution in [1.29, 1.82) is 5.26 Å². The molecule has 0 aromatic carbocycles. The zero-order chi connectivity index (χ0) is 8.55. The van der Waals surface area contributed by atoms with Gasteiger partial charge in [0, 0.05) is 5.39 Å². The molecule has 2 aromatic heterocycles. The number of pyridine rings is 1. The van der Waals surface area contributed by atoms with Gasteiger partial charge in [-0.3, -0.25) is 0 Å². The summed E-state index contributed by atoms with van der Waals surface area (Å²) in [7, 11) is 0. The van der Waals surface area contributed by atoms with Crippen LogP contribution in [0.2, 0.25) is 5.15 Å². The maximum absolute atomic E-state index is 8.61. The van der Waals surface area contributed by atoms with E-state index in [0.717, 1.165) is 10.2 Å². The fourth-order valence-electron chi connectivity index (χ4n) is 0.950. The molecule has 0 unspecified atom stereocenters. The van der Waals surface area contributed by atoms with Crippen molar-refractivity contribution in [3.63, 3.8) is 0 Å².